The molecule has 6 heterocycles. The van der Waals surface area contributed by atoms with Gasteiger partial charge < -0.3 is 157 Å². The molecular formula is C71H124B5F3N16O25S. The number of carboxylic acids is 5. The Kier molecular flexibility index (Phi) is 42.9. The Hall–Kier alpha value is -7.17. The maximum atomic E-state index is 12.7. The number of alkyl halides is 3. The number of thioether (sulfide) groups is 1. The van der Waals surface area contributed by atoms with E-state index >= 15 is 0 Å². The Morgan fingerprint density at radius 3 is 1.05 bits per heavy atom. The third-order valence-electron chi connectivity index (χ3n) is 23.3. The lowest BCUT2D eigenvalue weighted by Gasteiger charge is -2.27. The third kappa shape index (κ3) is 32.1. The molecule has 2 aromatic rings. The van der Waals surface area contributed by atoms with Crippen LogP contribution in [0, 0.1) is 35.5 Å². The van der Waals surface area contributed by atoms with Gasteiger partial charge in [0.1, 0.15) is 27.7 Å². The van der Waals surface area contributed by atoms with Gasteiger partial charge in [0.2, 0.25) is 29.5 Å². The van der Waals surface area contributed by atoms with Crippen molar-refractivity contribution in [3.05, 3.63) is 54.1 Å². The van der Waals surface area contributed by atoms with Crippen molar-refractivity contribution in [1.29, 1.82) is 0 Å². The summed E-state index contributed by atoms with van der Waals surface area (Å²) in [6.45, 7) is 0.125. The van der Waals surface area contributed by atoms with E-state index in [9.17, 15) is 86.6 Å². The lowest BCUT2D eigenvalue weighted by Crippen LogP contribution is -2.55. The van der Waals surface area contributed by atoms with Crippen LogP contribution < -0.4 is 51.6 Å². The Morgan fingerprint density at radius 1 is 0.463 bits per heavy atom. The van der Waals surface area contributed by atoms with Crippen molar-refractivity contribution in [2.24, 2.45) is 87.1 Å². The normalized spacial score (nSPS) is 25.5. The highest BCUT2D eigenvalue weighted by Crippen LogP contribution is 2.38. The second kappa shape index (κ2) is 48.9. The fourth-order valence-corrected chi connectivity index (χ4v) is 16.6. The van der Waals surface area contributed by atoms with Crippen molar-refractivity contribution in [3.63, 3.8) is 0 Å². The van der Waals surface area contributed by atoms with E-state index in [0.29, 0.717) is 76.4 Å². The first kappa shape index (κ1) is 106. The molecule has 14 atom stereocenters. The summed E-state index contributed by atoms with van der Waals surface area (Å²) < 4.78 is 37.0. The standard InChI is InChI=1S/C17H26BN3O5.C15H27BN2O5.C14H24BN5O5.C13H26BN3O5S.C12H21BF3N3O5/c19-14(9-12-5-2-1-3-6-12)15(22)21-10-13(7-4-8-18(25)26)17(20,11-21)16(23)24;17-15(14(20)21)10-18(9-12(15)7-4-8-16(22)23)13(19)11-5-2-1-3-6-11;16-11(4-10-5-18-8-19-10)12(21)20-6-9(2-1-3-15(24)25)14(17,7-20)13(22)23;1-23-6-4-10(15)11(18)17-7-9(3-2-5-14(21)22)13(16,8-17)12(19)20;14-12(15,16)4-8(17)9(20)19-5-7(2-1-3-13(23)24)11(18,6-19)10(21)22/h1-3,5-6,13-14,25-26H,4,7-11,19-20H2,(H,23,24);11-12,22-23H,1-10,17H2,(H,20,21);5,8-9,11,24-25H,1-4,6-7,16-17H2,(H,18,19)(H,22,23);9-10,21-22H,2-8,15-16H2,1H3,(H,19,20);7-8,23-24H,1-6,17-18H2,(H,21,22)/t13-,14-,17-;12-,15-;9-,11-,14-;9-,10-,13-;7-,8?,11-/m00000/s1. The average molecular weight is 1740 g/mol. The second-order valence-electron chi connectivity index (χ2n) is 32.7. The van der Waals surface area contributed by atoms with Crippen LogP contribution in [-0.2, 0) is 60.8 Å². The number of benzene rings is 1. The van der Waals surface area contributed by atoms with Gasteiger partial charge in [-0.1, -0.05) is 81.7 Å². The monoisotopic (exact) mass is 1740 g/mol. The number of H-pyrrole nitrogens is 1. The number of nitrogens with zero attached hydrogens (tertiary/aromatic N) is 6. The maximum Gasteiger partial charge on any atom is 0.451 e. The lowest BCUT2D eigenvalue weighted by molar-refractivity contribution is -0.152. The number of carbonyl (C=O) groups is 10. The summed E-state index contributed by atoms with van der Waals surface area (Å²) >= 11 is 1.59. The number of nitrogens with two attached hydrogens (primary N) is 9. The van der Waals surface area contributed by atoms with Gasteiger partial charge in [-0.25, -0.2) is 4.98 Å². The molecule has 5 aliphatic heterocycles. The first-order valence-corrected chi connectivity index (χ1v) is 41.7. The number of carboxylic acid groups (broad SMARTS) is 5. The van der Waals surface area contributed by atoms with Crippen molar-refractivity contribution in [1.82, 2.24) is 34.5 Å². The van der Waals surface area contributed by atoms with Crippen LogP contribution in [0.15, 0.2) is 42.9 Å². The van der Waals surface area contributed by atoms with E-state index in [1.807, 2.05) is 36.6 Å². The van der Waals surface area contributed by atoms with E-state index in [4.69, 9.17) is 102 Å². The Bertz CT molecular complexity index is 3640. The summed E-state index contributed by atoms with van der Waals surface area (Å²) in [5.74, 6) is -9.62. The number of nitrogens with one attached hydrogen (secondary N) is 1. The molecule has 680 valence electrons. The van der Waals surface area contributed by atoms with Crippen LogP contribution in [0.3, 0.4) is 0 Å². The zero-order valence-electron chi connectivity index (χ0n) is 68.2. The van der Waals surface area contributed by atoms with Gasteiger partial charge in [0.05, 0.1) is 36.9 Å². The molecule has 34 N–H and O–H groups in total. The highest BCUT2D eigenvalue weighted by atomic mass is 32.2. The predicted octanol–water partition coefficient (Wildman–Crippen LogP) is -5.80. The Morgan fingerprint density at radius 2 is 0.760 bits per heavy atom. The number of amides is 5. The number of carbonyl (C=O) groups excluding carboxylic acids is 5. The van der Waals surface area contributed by atoms with Crippen LogP contribution in [0.5, 0.6) is 0 Å². The van der Waals surface area contributed by atoms with Gasteiger partial charge in [0.15, 0.2) is 0 Å². The summed E-state index contributed by atoms with van der Waals surface area (Å²) in [7, 11) is -7.26. The quantitative estimate of drug-likeness (QED) is 0.0279. The molecule has 121 heavy (non-hydrogen) atoms. The molecule has 1 saturated carbocycles. The minimum Gasteiger partial charge on any atom is -0.480 e. The smallest absolute Gasteiger partial charge is 0.451 e. The zero-order valence-corrected chi connectivity index (χ0v) is 69.0. The molecule has 1 unspecified atom stereocenters. The van der Waals surface area contributed by atoms with E-state index in [0.717, 1.165) is 48.3 Å². The van der Waals surface area contributed by atoms with Crippen LogP contribution in [0.25, 0.3) is 0 Å². The van der Waals surface area contributed by atoms with Crippen molar-refractivity contribution >= 4 is 107 Å². The molecule has 0 spiro atoms. The number of hydrogen-bond donors (Lipinski definition) is 25. The van der Waals surface area contributed by atoms with E-state index in [1.54, 1.807) is 22.9 Å². The van der Waals surface area contributed by atoms with Gasteiger partial charge in [-0.2, -0.15) is 24.9 Å². The highest BCUT2D eigenvalue weighted by molar-refractivity contribution is 7.98. The largest absolute Gasteiger partial charge is 0.480 e. The van der Waals surface area contributed by atoms with Crippen LogP contribution in [0.1, 0.15) is 120 Å². The molecular weight excluding hydrogens is 1620 g/mol. The molecule has 0 radical (unpaired) electrons. The van der Waals surface area contributed by atoms with E-state index in [-0.39, 0.29) is 139 Å². The fourth-order valence-electron chi connectivity index (χ4n) is 16.1. The molecule has 0 bridgehead atoms. The summed E-state index contributed by atoms with van der Waals surface area (Å²) in [6, 6.07) is 5.30. The number of likely N-dealkylation sites (tertiary alicyclic amines) is 5. The van der Waals surface area contributed by atoms with Gasteiger partial charge in [-0.15, -0.1) is 0 Å². The molecule has 5 saturated heterocycles. The third-order valence-corrected chi connectivity index (χ3v) is 24.0. The molecule has 1 aliphatic carbocycles. The molecule has 6 aliphatic rings. The predicted molar refractivity (Wildman–Crippen MR) is 439 cm³/mol. The zero-order chi connectivity index (χ0) is 91.3. The van der Waals surface area contributed by atoms with Crippen LogP contribution >= 0.6 is 11.8 Å². The lowest BCUT2D eigenvalue weighted by atomic mass is 9.78. The molecule has 5 amide bonds. The minimum absolute atomic E-state index is 0.000177. The Labute approximate surface area is 705 Å². The Balaban J connectivity index is 0.000000318. The number of aromatic amines is 1. The molecule has 50 heteroatoms. The number of imidazole rings is 1. The number of hydrogen-bond acceptors (Lipinski definition) is 31. The van der Waals surface area contributed by atoms with Gasteiger partial charge in [-0.3, -0.25) is 47.9 Å². The van der Waals surface area contributed by atoms with Crippen LogP contribution in [-0.4, -0.2) is 341 Å². The maximum absolute atomic E-state index is 12.7. The van der Waals surface area contributed by atoms with Crippen molar-refractivity contribution < 1.29 is 137 Å². The SMILES string of the molecule is CSCC[C@H](N)C(=O)N1C[C@H](CCCB(O)O)[C@](N)(C(=O)O)C1.NC(CC(F)(F)F)C(=O)N1C[C@H](CCCB(O)O)[C@](N)(C(=O)O)C1.N[C@@H](Cc1ccccc1)C(=O)N1C[C@H](CCCB(O)O)[C@](N)(C(=O)O)C1.N[C@@H](Cc1cnc[nH]1)C(=O)N1C[C@H](CCCB(O)O)[C@](N)(C(=O)O)C1.N[C@@]1(C(=O)O)CN(C(=O)C2CCCCC2)C[C@@H]1CCCB(O)O. The number of aliphatic carboxylic acids is 5. The first-order chi connectivity index (χ1) is 56.4. The first-order valence-electron chi connectivity index (χ1n) is 40.4. The molecule has 1 aromatic carbocycles. The molecule has 8 rings (SSSR count). The number of rotatable bonds is 38. The van der Waals surface area contributed by atoms with Gasteiger partial charge in [-0.05, 0) is 107 Å². The molecule has 6 fully saturated rings. The summed E-state index contributed by atoms with van der Waals surface area (Å²) in [5.41, 5.74) is 47.0. The van der Waals surface area contributed by atoms with Crippen molar-refractivity contribution in [3.8, 4) is 0 Å². The summed E-state index contributed by atoms with van der Waals surface area (Å²) in [4.78, 5) is 134. The summed E-state index contributed by atoms with van der Waals surface area (Å²) in [5, 5.41) is 136. The van der Waals surface area contributed by atoms with Gasteiger partial charge in [0.25, 0.3) is 0 Å². The minimum atomic E-state index is -4.61. The van der Waals surface area contributed by atoms with Crippen molar-refractivity contribution in [2.75, 3.05) is 77.5 Å². The van der Waals surface area contributed by atoms with E-state index in [2.05, 4.69) is 9.97 Å². The summed E-state index contributed by atoms with van der Waals surface area (Å²) in [6.07, 6.45) is 9.38. The van der Waals surface area contributed by atoms with E-state index in [1.165, 1.54) is 21.0 Å². The van der Waals surface area contributed by atoms with Gasteiger partial charge in [0, 0.05) is 119 Å². The number of halogens is 3. The second-order valence-corrected chi connectivity index (χ2v) is 33.7. The topological polar surface area (TPSA) is 753 Å². The van der Waals surface area contributed by atoms with Crippen LogP contribution in [0.2, 0.25) is 31.6 Å². The van der Waals surface area contributed by atoms with E-state index < -0.39 is 166 Å². The highest BCUT2D eigenvalue weighted by Gasteiger charge is 2.56. The van der Waals surface area contributed by atoms with Gasteiger partial charge >= 0.3 is 71.6 Å². The fraction of sp³-hybridized carbons (Fsp3) is 0.732. The molecule has 1 aromatic heterocycles. The molecule has 41 nitrogen and oxygen atoms in total. The van der Waals surface area contributed by atoms with Crippen molar-refractivity contribution in [2.45, 2.75) is 212 Å². The average Bonchev–Trinajstić information content (AvgIpc) is 1.67. The number of aromatic nitrogens is 2. The van der Waals surface area contributed by atoms with Crippen LogP contribution in [0.4, 0.5) is 13.2 Å².